The number of H-pyrrole nitrogens is 1. The highest BCUT2D eigenvalue weighted by Gasteiger charge is 2.29. The van der Waals surface area contributed by atoms with E-state index in [9.17, 15) is 9.59 Å². The molecule has 18 heavy (non-hydrogen) atoms. The van der Waals surface area contributed by atoms with Gasteiger partial charge in [0.05, 0.1) is 26.7 Å². The molecule has 1 aromatic heterocycles. The fourth-order valence-corrected chi connectivity index (χ4v) is 1.81. The molecule has 98 valence electrons. The van der Waals surface area contributed by atoms with Crippen molar-refractivity contribution in [3.8, 4) is 0 Å². The zero-order valence-electron chi connectivity index (χ0n) is 10.1. The van der Waals surface area contributed by atoms with Gasteiger partial charge in [0.2, 0.25) is 5.91 Å². The van der Waals surface area contributed by atoms with Crippen LogP contribution in [0.3, 0.4) is 0 Å². The zero-order chi connectivity index (χ0) is 13.0. The van der Waals surface area contributed by atoms with Crippen molar-refractivity contribution in [3.05, 3.63) is 18.0 Å². The van der Waals surface area contributed by atoms with Crippen molar-refractivity contribution in [2.45, 2.75) is 12.5 Å². The van der Waals surface area contributed by atoms with E-state index in [1.165, 1.54) is 7.11 Å². The van der Waals surface area contributed by atoms with Gasteiger partial charge in [-0.05, 0) is 6.07 Å². The number of carbonyl (C=O) groups excluding carboxylic acids is 2. The number of aromatic amines is 1. The minimum atomic E-state index is -0.686. The van der Waals surface area contributed by atoms with Crippen LogP contribution in [0.4, 0.5) is 0 Å². The molecule has 1 saturated heterocycles. The number of esters is 1. The van der Waals surface area contributed by atoms with Gasteiger partial charge >= 0.3 is 5.97 Å². The summed E-state index contributed by atoms with van der Waals surface area (Å²) in [6.07, 6.45) is 1.15. The third kappa shape index (κ3) is 2.86. The standard InChI is InChI=1S/C11H15N3O4/c1-17-11(16)9-7-14(4-5-18-9)10(15)6-8-2-3-12-13-8/h2-3,9H,4-7H2,1H3,(H,12,13). The Labute approximate surface area is 104 Å². The Morgan fingerprint density at radius 1 is 1.67 bits per heavy atom. The topological polar surface area (TPSA) is 84.5 Å². The average molecular weight is 253 g/mol. The van der Waals surface area contributed by atoms with E-state index in [0.717, 1.165) is 5.69 Å². The number of aromatic nitrogens is 2. The van der Waals surface area contributed by atoms with Crippen LogP contribution < -0.4 is 0 Å². The Balaban J connectivity index is 1.92. The lowest BCUT2D eigenvalue weighted by molar-refractivity contribution is -0.162. The van der Waals surface area contributed by atoms with Gasteiger partial charge in [0, 0.05) is 18.4 Å². The van der Waals surface area contributed by atoms with Gasteiger partial charge in [-0.15, -0.1) is 0 Å². The predicted octanol–water partition coefficient (Wildman–Crippen LogP) is -0.647. The molecule has 1 N–H and O–H groups in total. The molecular formula is C11H15N3O4. The molecule has 0 aromatic carbocycles. The number of ether oxygens (including phenoxy) is 2. The van der Waals surface area contributed by atoms with Crippen molar-refractivity contribution in [2.75, 3.05) is 26.8 Å². The Bertz CT molecular complexity index is 418. The lowest BCUT2D eigenvalue weighted by atomic mass is 10.2. The molecule has 1 aromatic rings. The van der Waals surface area contributed by atoms with Gasteiger partial charge in [-0.1, -0.05) is 0 Å². The molecule has 1 amide bonds. The normalized spacial score (nSPS) is 19.6. The highest BCUT2D eigenvalue weighted by Crippen LogP contribution is 2.08. The summed E-state index contributed by atoms with van der Waals surface area (Å²) in [5.41, 5.74) is 0.751. The summed E-state index contributed by atoms with van der Waals surface area (Å²) in [5.74, 6) is -0.509. The largest absolute Gasteiger partial charge is 0.467 e. The summed E-state index contributed by atoms with van der Waals surface area (Å²) in [7, 11) is 1.30. The molecule has 2 heterocycles. The van der Waals surface area contributed by atoms with Crippen molar-refractivity contribution in [1.29, 1.82) is 0 Å². The minimum absolute atomic E-state index is 0.0588. The second-order valence-electron chi connectivity index (χ2n) is 3.98. The van der Waals surface area contributed by atoms with E-state index in [2.05, 4.69) is 14.9 Å². The van der Waals surface area contributed by atoms with Crippen LogP contribution >= 0.6 is 0 Å². The SMILES string of the molecule is COC(=O)C1CN(C(=O)Cc2ccn[nH]2)CCO1. The predicted molar refractivity (Wildman–Crippen MR) is 60.6 cm³/mol. The van der Waals surface area contributed by atoms with Gasteiger partial charge in [0.25, 0.3) is 0 Å². The van der Waals surface area contributed by atoms with E-state index < -0.39 is 12.1 Å². The first-order chi connectivity index (χ1) is 8.70. The molecule has 0 aliphatic carbocycles. The van der Waals surface area contributed by atoms with Gasteiger partial charge in [0.1, 0.15) is 0 Å². The van der Waals surface area contributed by atoms with Gasteiger partial charge in [-0.3, -0.25) is 9.89 Å². The average Bonchev–Trinajstić information content (AvgIpc) is 2.90. The maximum absolute atomic E-state index is 12.0. The van der Waals surface area contributed by atoms with E-state index in [0.29, 0.717) is 13.2 Å². The molecule has 1 atom stereocenters. The summed E-state index contributed by atoms with van der Waals surface area (Å²) in [6, 6.07) is 1.75. The third-order valence-electron chi connectivity index (χ3n) is 2.78. The van der Waals surface area contributed by atoms with E-state index in [1.807, 2.05) is 0 Å². The Morgan fingerprint density at radius 3 is 3.17 bits per heavy atom. The number of morpholine rings is 1. The number of carbonyl (C=O) groups is 2. The van der Waals surface area contributed by atoms with E-state index in [4.69, 9.17) is 4.74 Å². The van der Waals surface area contributed by atoms with Crippen LogP contribution in [0.1, 0.15) is 5.69 Å². The van der Waals surface area contributed by atoms with Crippen LogP contribution in [-0.2, 0) is 25.5 Å². The first-order valence-electron chi connectivity index (χ1n) is 5.66. The van der Waals surface area contributed by atoms with Gasteiger partial charge in [0.15, 0.2) is 6.10 Å². The number of rotatable bonds is 3. The van der Waals surface area contributed by atoms with Crippen molar-refractivity contribution in [1.82, 2.24) is 15.1 Å². The quantitative estimate of drug-likeness (QED) is 0.724. The second-order valence-corrected chi connectivity index (χ2v) is 3.98. The smallest absolute Gasteiger partial charge is 0.336 e. The maximum Gasteiger partial charge on any atom is 0.336 e. The number of amides is 1. The van der Waals surface area contributed by atoms with Crippen LogP contribution in [0, 0.1) is 0 Å². The molecule has 1 fully saturated rings. The molecular weight excluding hydrogens is 238 g/mol. The molecule has 1 aliphatic heterocycles. The molecule has 0 saturated carbocycles. The van der Waals surface area contributed by atoms with Crippen LogP contribution in [0.15, 0.2) is 12.3 Å². The van der Waals surface area contributed by atoms with Crippen LogP contribution in [0.2, 0.25) is 0 Å². The molecule has 1 aliphatic rings. The Morgan fingerprint density at radius 2 is 2.50 bits per heavy atom. The summed E-state index contributed by atoms with van der Waals surface area (Å²) in [6.45, 7) is 1.06. The van der Waals surface area contributed by atoms with Crippen LogP contribution in [0.5, 0.6) is 0 Å². The Kier molecular flexibility index (Phi) is 3.93. The molecule has 2 rings (SSSR count). The van der Waals surface area contributed by atoms with Crippen molar-refractivity contribution in [3.63, 3.8) is 0 Å². The highest BCUT2D eigenvalue weighted by molar-refractivity contribution is 5.80. The summed E-state index contributed by atoms with van der Waals surface area (Å²) in [4.78, 5) is 24.9. The van der Waals surface area contributed by atoms with Crippen molar-refractivity contribution in [2.24, 2.45) is 0 Å². The van der Waals surface area contributed by atoms with E-state index in [1.54, 1.807) is 17.2 Å². The summed E-state index contributed by atoms with van der Waals surface area (Å²) >= 11 is 0. The zero-order valence-corrected chi connectivity index (χ0v) is 10.1. The fourth-order valence-electron chi connectivity index (χ4n) is 1.81. The van der Waals surface area contributed by atoms with Crippen molar-refractivity contribution >= 4 is 11.9 Å². The van der Waals surface area contributed by atoms with Gasteiger partial charge < -0.3 is 14.4 Å². The third-order valence-corrected chi connectivity index (χ3v) is 2.78. The molecule has 0 radical (unpaired) electrons. The van der Waals surface area contributed by atoms with Gasteiger partial charge in [-0.2, -0.15) is 5.10 Å². The van der Waals surface area contributed by atoms with Crippen LogP contribution in [0.25, 0.3) is 0 Å². The number of nitrogens with one attached hydrogen (secondary N) is 1. The monoisotopic (exact) mass is 253 g/mol. The number of hydrogen-bond donors (Lipinski definition) is 1. The van der Waals surface area contributed by atoms with E-state index in [-0.39, 0.29) is 18.9 Å². The van der Waals surface area contributed by atoms with Crippen molar-refractivity contribution < 1.29 is 19.1 Å². The Hall–Kier alpha value is -1.89. The highest BCUT2D eigenvalue weighted by atomic mass is 16.6. The first-order valence-corrected chi connectivity index (χ1v) is 5.66. The molecule has 7 nitrogen and oxygen atoms in total. The number of nitrogens with zero attached hydrogens (tertiary/aromatic N) is 2. The molecule has 1 unspecified atom stereocenters. The minimum Gasteiger partial charge on any atom is -0.467 e. The lowest BCUT2D eigenvalue weighted by Crippen LogP contribution is -2.49. The number of hydrogen-bond acceptors (Lipinski definition) is 5. The first kappa shape index (κ1) is 12.6. The molecule has 0 spiro atoms. The van der Waals surface area contributed by atoms with Gasteiger partial charge in [-0.25, -0.2) is 4.79 Å². The maximum atomic E-state index is 12.0. The van der Waals surface area contributed by atoms with E-state index >= 15 is 0 Å². The molecule has 7 heteroatoms. The second kappa shape index (κ2) is 5.63. The lowest BCUT2D eigenvalue weighted by Gasteiger charge is -2.31. The summed E-state index contributed by atoms with van der Waals surface area (Å²) < 4.78 is 9.86. The van der Waals surface area contributed by atoms with Crippen LogP contribution in [-0.4, -0.2) is 59.9 Å². The summed E-state index contributed by atoms with van der Waals surface area (Å²) in [5, 5.41) is 6.51. The number of methoxy groups -OCH3 is 1. The molecule has 0 bridgehead atoms. The fraction of sp³-hybridized carbons (Fsp3) is 0.545.